The number of amides is 1. The van der Waals surface area contributed by atoms with Crippen molar-refractivity contribution in [3.8, 4) is 0 Å². The van der Waals surface area contributed by atoms with E-state index in [2.05, 4.69) is 17.1 Å². The van der Waals surface area contributed by atoms with Crippen molar-refractivity contribution in [3.63, 3.8) is 0 Å². The number of esters is 1. The first-order chi connectivity index (χ1) is 12.5. The summed E-state index contributed by atoms with van der Waals surface area (Å²) in [5.41, 5.74) is 2.06. The third-order valence-electron chi connectivity index (χ3n) is 3.78. The van der Waals surface area contributed by atoms with Crippen LogP contribution in [-0.4, -0.2) is 28.8 Å². The Labute approximate surface area is 162 Å². The number of thiazole rings is 1. The molecular formula is C19H24N2O3S2. The predicted molar refractivity (Wildman–Crippen MR) is 106 cm³/mol. The first-order valence-corrected chi connectivity index (χ1v) is 10.5. The molecule has 5 nitrogen and oxygen atoms in total. The highest BCUT2D eigenvalue weighted by Crippen LogP contribution is 2.14. The number of benzene rings is 1. The Morgan fingerprint density at radius 1 is 1.27 bits per heavy atom. The van der Waals surface area contributed by atoms with Crippen molar-refractivity contribution in [2.45, 2.75) is 32.4 Å². The number of carbonyl (C=O) groups is 2. The van der Waals surface area contributed by atoms with Crippen molar-refractivity contribution in [2.75, 3.05) is 12.4 Å². The fraction of sp³-hybridized carbons (Fsp3) is 0.421. The Morgan fingerprint density at radius 3 is 2.69 bits per heavy atom. The van der Waals surface area contributed by atoms with Gasteiger partial charge in [0, 0.05) is 24.9 Å². The summed E-state index contributed by atoms with van der Waals surface area (Å²) in [7, 11) is 1.80. The van der Waals surface area contributed by atoms with Crippen molar-refractivity contribution in [1.82, 2.24) is 4.57 Å². The SMILES string of the molecule is CCOC(=O)c1sc(=NC(=O)CCCSCc2ccccc2)n(C)c1C. The van der Waals surface area contributed by atoms with Gasteiger partial charge in [-0.2, -0.15) is 16.8 Å². The highest BCUT2D eigenvalue weighted by molar-refractivity contribution is 7.98. The van der Waals surface area contributed by atoms with Crippen LogP contribution in [0.1, 0.15) is 40.7 Å². The Balaban J connectivity index is 1.86. The van der Waals surface area contributed by atoms with Crippen LogP contribution in [0.15, 0.2) is 35.3 Å². The Bertz CT molecular complexity index is 810. The maximum Gasteiger partial charge on any atom is 0.350 e. The van der Waals surface area contributed by atoms with Crippen LogP contribution in [-0.2, 0) is 22.3 Å². The number of ether oxygens (including phenoxy) is 1. The maximum absolute atomic E-state index is 12.1. The highest BCUT2D eigenvalue weighted by Gasteiger charge is 2.16. The van der Waals surface area contributed by atoms with Crippen molar-refractivity contribution in [2.24, 2.45) is 12.0 Å². The van der Waals surface area contributed by atoms with Crippen LogP contribution >= 0.6 is 23.1 Å². The molecule has 0 radical (unpaired) electrons. The summed E-state index contributed by atoms with van der Waals surface area (Å²) in [6, 6.07) is 10.3. The number of rotatable bonds is 8. The van der Waals surface area contributed by atoms with E-state index in [1.165, 1.54) is 16.9 Å². The monoisotopic (exact) mass is 392 g/mol. The summed E-state index contributed by atoms with van der Waals surface area (Å²) in [6.45, 7) is 3.92. The van der Waals surface area contributed by atoms with Crippen molar-refractivity contribution >= 4 is 35.0 Å². The third kappa shape index (κ3) is 5.85. The van der Waals surface area contributed by atoms with Gasteiger partial charge in [-0.15, -0.1) is 0 Å². The molecule has 0 saturated heterocycles. The first-order valence-electron chi connectivity index (χ1n) is 8.55. The average Bonchev–Trinajstić information content (AvgIpc) is 2.91. The second-order valence-electron chi connectivity index (χ2n) is 5.73. The van der Waals surface area contributed by atoms with Gasteiger partial charge in [0.2, 0.25) is 5.91 Å². The molecule has 1 aromatic carbocycles. The van der Waals surface area contributed by atoms with Gasteiger partial charge in [0.15, 0.2) is 4.80 Å². The van der Waals surface area contributed by atoms with E-state index in [0.29, 0.717) is 22.7 Å². The number of aromatic nitrogens is 1. The largest absolute Gasteiger partial charge is 0.462 e. The zero-order valence-electron chi connectivity index (χ0n) is 15.4. The van der Waals surface area contributed by atoms with Gasteiger partial charge in [-0.05, 0) is 31.6 Å². The van der Waals surface area contributed by atoms with E-state index in [1.54, 1.807) is 18.5 Å². The molecule has 0 aliphatic heterocycles. The quantitative estimate of drug-likeness (QED) is 0.507. The van der Waals surface area contributed by atoms with Crippen LogP contribution in [0.2, 0.25) is 0 Å². The fourth-order valence-electron chi connectivity index (χ4n) is 2.27. The first kappa shape index (κ1) is 20.5. The normalized spacial score (nSPS) is 11.6. The van der Waals surface area contributed by atoms with Crippen LogP contribution < -0.4 is 4.80 Å². The number of carbonyl (C=O) groups excluding carboxylic acids is 2. The Hall–Kier alpha value is -1.86. The predicted octanol–water partition coefficient (Wildman–Crippen LogP) is 3.71. The van der Waals surface area contributed by atoms with Crippen molar-refractivity contribution in [1.29, 1.82) is 0 Å². The molecular weight excluding hydrogens is 368 g/mol. The lowest BCUT2D eigenvalue weighted by Crippen LogP contribution is -2.14. The molecule has 0 atom stereocenters. The molecule has 0 N–H and O–H groups in total. The fourth-order valence-corrected chi connectivity index (χ4v) is 4.22. The molecule has 2 rings (SSSR count). The summed E-state index contributed by atoms with van der Waals surface area (Å²) in [5.74, 6) is 1.35. The average molecular weight is 393 g/mol. The van der Waals surface area contributed by atoms with Crippen LogP contribution in [0, 0.1) is 6.92 Å². The highest BCUT2D eigenvalue weighted by atomic mass is 32.2. The maximum atomic E-state index is 12.1. The van der Waals surface area contributed by atoms with E-state index in [0.717, 1.165) is 23.6 Å². The molecule has 1 heterocycles. The summed E-state index contributed by atoms with van der Waals surface area (Å²) >= 11 is 3.02. The van der Waals surface area contributed by atoms with Gasteiger partial charge in [0.1, 0.15) is 4.88 Å². The van der Waals surface area contributed by atoms with Gasteiger partial charge in [-0.25, -0.2) is 4.79 Å². The van der Waals surface area contributed by atoms with Gasteiger partial charge < -0.3 is 9.30 Å². The Morgan fingerprint density at radius 2 is 2.00 bits per heavy atom. The summed E-state index contributed by atoms with van der Waals surface area (Å²) in [4.78, 5) is 29.2. The van der Waals surface area contributed by atoms with E-state index in [9.17, 15) is 9.59 Å². The van der Waals surface area contributed by atoms with Crippen LogP contribution in [0.5, 0.6) is 0 Å². The minimum absolute atomic E-state index is 0.155. The Kier molecular flexibility index (Phi) is 8.12. The molecule has 140 valence electrons. The number of hydrogen-bond acceptors (Lipinski definition) is 5. The molecule has 1 aromatic heterocycles. The number of thioether (sulfide) groups is 1. The third-order valence-corrected chi connectivity index (χ3v) is 6.11. The molecule has 0 unspecified atom stereocenters. The smallest absolute Gasteiger partial charge is 0.350 e. The summed E-state index contributed by atoms with van der Waals surface area (Å²) in [6.07, 6.45) is 1.20. The van der Waals surface area contributed by atoms with E-state index in [4.69, 9.17) is 4.74 Å². The van der Waals surface area contributed by atoms with Gasteiger partial charge >= 0.3 is 5.97 Å². The molecule has 7 heteroatoms. The van der Waals surface area contributed by atoms with Crippen molar-refractivity contribution < 1.29 is 14.3 Å². The molecule has 0 aliphatic carbocycles. The van der Waals surface area contributed by atoms with E-state index < -0.39 is 0 Å². The minimum Gasteiger partial charge on any atom is -0.462 e. The molecule has 1 amide bonds. The lowest BCUT2D eigenvalue weighted by atomic mass is 10.2. The van der Waals surface area contributed by atoms with Gasteiger partial charge in [-0.1, -0.05) is 41.7 Å². The van der Waals surface area contributed by atoms with Gasteiger partial charge in [0.25, 0.3) is 0 Å². The van der Waals surface area contributed by atoms with Gasteiger partial charge in [-0.3, -0.25) is 4.79 Å². The minimum atomic E-state index is -0.364. The van der Waals surface area contributed by atoms with Crippen molar-refractivity contribution in [3.05, 3.63) is 51.3 Å². The van der Waals surface area contributed by atoms with E-state index in [1.807, 2.05) is 36.9 Å². The second-order valence-corrected chi connectivity index (χ2v) is 7.81. The topological polar surface area (TPSA) is 60.7 Å². The standard InChI is InChI=1S/C19H24N2O3S2/c1-4-24-18(23)17-14(2)21(3)19(26-17)20-16(22)11-8-12-25-13-15-9-6-5-7-10-15/h5-7,9-10H,4,8,11-13H2,1-3H3. The number of nitrogens with zero attached hydrogens (tertiary/aromatic N) is 2. The zero-order chi connectivity index (χ0) is 18.9. The van der Waals surface area contributed by atoms with Gasteiger partial charge in [0.05, 0.1) is 6.61 Å². The summed E-state index contributed by atoms with van der Waals surface area (Å²) < 4.78 is 6.80. The van der Waals surface area contributed by atoms with Crippen LogP contribution in [0.4, 0.5) is 0 Å². The van der Waals surface area contributed by atoms with Crippen LogP contribution in [0.25, 0.3) is 0 Å². The zero-order valence-corrected chi connectivity index (χ0v) is 17.0. The lowest BCUT2D eigenvalue weighted by molar-refractivity contribution is -0.118. The van der Waals surface area contributed by atoms with E-state index >= 15 is 0 Å². The molecule has 0 saturated carbocycles. The molecule has 0 bridgehead atoms. The second kappa shape index (κ2) is 10.3. The molecule has 0 spiro atoms. The molecule has 0 fully saturated rings. The summed E-state index contributed by atoms with van der Waals surface area (Å²) in [5, 5.41) is 0. The number of hydrogen-bond donors (Lipinski definition) is 0. The lowest BCUT2D eigenvalue weighted by Gasteiger charge is -2.01. The van der Waals surface area contributed by atoms with E-state index in [-0.39, 0.29) is 11.9 Å². The molecule has 0 aliphatic rings. The molecule has 2 aromatic rings. The van der Waals surface area contributed by atoms with Crippen LogP contribution in [0.3, 0.4) is 0 Å². The molecule has 26 heavy (non-hydrogen) atoms.